The maximum Gasteiger partial charge on any atom is 0.229 e. The third-order valence-electron chi connectivity index (χ3n) is 3.64. The first-order valence-electron chi connectivity index (χ1n) is 6.54. The molecule has 5 nitrogen and oxygen atoms in total. The van der Waals surface area contributed by atoms with E-state index in [0.29, 0.717) is 22.2 Å². The monoisotopic (exact) mass is 298 g/mol. The molecule has 0 bridgehead atoms. The molecule has 1 aromatic rings. The minimum atomic E-state index is -0.152. The SMILES string of the molecule is COc1cc(OC)c(NC(=O)C2CCCC2N)cc1Cl. The van der Waals surface area contributed by atoms with Gasteiger partial charge in [0.25, 0.3) is 0 Å². The number of hydrogen-bond donors (Lipinski definition) is 2. The molecule has 110 valence electrons. The number of anilines is 1. The fourth-order valence-corrected chi connectivity index (χ4v) is 2.74. The molecule has 1 aliphatic carbocycles. The number of halogens is 1. The van der Waals surface area contributed by atoms with Gasteiger partial charge in [-0.15, -0.1) is 0 Å². The van der Waals surface area contributed by atoms with E-state index in [4.69, 9.17) is 26.8 Å². The second kappa shape index (κ2) is 6.33. The van der Waals surface area contributed by atoms with Gasteiger partial charge in [-0.2, -0.15) is 0 Å². The Hall–Kier alpha value is -1.46. The van der Waals surface area contributed by atoms with Gasteiger partial charge in [-0.25, -0.2) is 0 Å². The predicted molar refractivity (Wildman–Crippen MR) is 78.5 cm³/mol. The lowest BCUT2D eigenvalue weighted by molar-refractivity contribution is -0.120. The van der Waals surface area contributed by atoms with Gasteiger partial charge in [-0.1, -0.05) is 18.0 Å². The summed E-state index contributed by atoms with van der Waals surface area (Å²) in [7, 11) is 3.05. The van der Waals surface area contributed by atoms with E-state index in [9.17, 15) is 4.79 Å². The van der Waals surface area contributed by atoms with Crippen LogP contribution in [0.3, 0.4) is 0 Å². The molecular formula is C14H19ClN2O3. The number of carbonyl (C=O) groups is 1. The van der Waals surface area contributed by atoms with E-state index in [0.717, 1.165) is 19.3 Å². The third-order valence-corrected chi connectivity index (χ3v) is 3.93. The van der Waals surface area contributed by atoms with Crippen LogP contribution in [0.5, 0.6) is 11.5 Å². The van der Waals surface area contributed by atoms with Gasteiger partial charge in [0, 0.05) is 12.1 Å². The van der Waals surface area contributed by atoms with Crippen LogP contribution in [0.25, 0.3) is 0 Å². The first-order chi connectivity index (χ1) is 9.56. The zero-order valence-corrected chi connectivity index (χ0v) is 12.4. The molecule has 0 aliphatic heterocycles. The largest absolute Gasteiger partial charge is 0.495 e. The van der Waals surface area contributed by atoms with E-state index < -0.39 is 0 Å². The van der Waals surface area contributed by atoms with Gasteiger partial charge in [-0.05, 0) is 18.9 Å². The molecule has 2 rings (SSSR count). The summed E-state index contributed by atoms with van der Waals surface area (Å²) in [6.07, 6.45) is 2.69. The molecule has 1 amide bonds. The second-order valence-corrected chi connectivity index (χ2v) is 5.28. The van der Waals surface area contributed by atoms with Crippen molar-refractivity contribution < 1.29 is 14.3 Å². The number of ether oxygens (including phenoxy) is 2. The lowest BCUT2D eigenvalue weighted by Crippen LogP contribution is -2.34. The van der Waals surface area contributed by atoms with E-state index in [-0.39, 0.29) is 17.9 Å². The van der Waals surface area contributed by atoms with E-state index in [2.05, 4.69) is 5.32 Å². The minimum Gasteiger partial charge on any atom is -0.495 e. The lowest BCUT2D eigenvalue weighted by atomic mass is 10.0. The van der Waals surface area contributed by atoms with Crippen LogP contribution in [0.2, 0.25) is 5.02 Å². The average Bonchev–Trinajstić information content (AvgIpc) is 2.85. The fraction of sp³-hybridized carbons (Fsp3) is 0.500. The van der Waals surface area contributed by atoms with Crippen molar-refractivity contribution in [2.45, 2.75) is 25.3 Å². The zero-order valence-electron chi connectivity index (χ0n) is 11.6. The van der Waals surface area contributed by atoms with Crippen molar-refractivity contribution in [2.75, 3.05) is 19.5 Å². The summed E-state index contributed by atoms with van der Waals surface area (Å²) in [5.74, 6) is 0.764. The van der Waals surface area contributed by atoms with Crippen LogP contribution in [0.1, 0.15) is 19.3 Å². The first kappa shape index (κ1) is 14.9. The smallest absolute Gasteiger partial charge is 0.229 e. The summed E-state index contributed by atoms with van der Waals surface area (Å²) in [5.41, 5.74) is 6.47. The summed E-state index contributed by atoms with van der Waals surface area (Å²) < 4.78 is 10.4. The van der Waals surface area contributed by atoms with Crippen molar-refractivity contribution in [3.8, 4) is 11.5 Å². The highest BCUT2D eigenvalue weighted by Crippen LogP contribution is 2.36. The number of carbonyl (C=O) groups excluding carboxylic acids is 1. The minimum absolute atomic E-state index is 0.0743. The standard InChI is InChI=1S/C14H19ClN2O3/c1-19-12-7-13(20-2)11(6-9(12)15)17-14(18)8-4-3-5-10(8)16/h6-8,10H,3-5,16H2,1-2H3,(H,17,18). The van der Waals surface area contributed by atoms with Crippen LogP contribution >= 0.6 is 11.6 Å². The average molecular weight is 299 g/mol. The number of nitrogens with two attached hydrogens (primary N) is 1. The Balaban J connectivity index is 2.20. The topological polar surface area (TPSA) is 73.6 Å². The Morgan fingerprint density at radius 1 is 1.30 bits per heavy atom. The predicted octanol–water partition coefficient (Wildman–Crippen LogP) is 2.42. The summed E-state index contributed by atoms with van der Waals surface area (Å²) in [6.45, 7) is 0. The molecule has 1 aliphatic rings. The maximum absolute atomic E-state index is 12.2. The van der Waals surface area contributed by atoms with E-state index in [1.165, 1.54) is 14.2 Å². The Morgan fingerprint density at radius 3 is 2.55 bits per heavy atom. The molecule has 6 heteroatoms. The van der Waals surface area contributed by atoms with Crippen LogP contribution in [-0.4, -0.2) is 26.2 Å². The van der Waals surface area contributed by atoms with Gasteiger partial charge in [0.05, 0.1) is 30.8 Å². The Labute approximate surface area is 123 Å². The highest BCUT2D eigenvalue weighted by Gasteiger charge is 2.30. The molecule has 1 saturated carbocycles. The highest BCUT2D eigenvalue weighted by molar-refractivity contribution is 6.32. The molecule has 1 fully saturated rings. The van der Waals surface area contributed by atoms with Gasteiger partial charge >= 0.3 is 0 Å². The number of rotatable bonds is 4. The number of amides is 1. The van der Waals surface area contributed by atoms with Gasteiger partial charge in [0.1, 0.15) is 11.5 Å². The van der Waals surface area contributed by atoms with Crippen LogP contribution in [-0.2, 0) is 4.79 Å². The molecule has 2 atom stereocenters. The van der Waals surface area contributed by atoms with Gasteiger partial charge in [0.15, 0.2) is 0 Å². The molecule has 0 aromatic heterocycles. The maximum atomic E-state index is 12.2. The Morgan fingerprint density at radius 2 is 2.00 bits per heavy atom. The van der Waals surface area contributed by atoms with Crippen LogP contribution < -0.4 is 20.5 Å². The molecule has 20 heavy (non-hydrogen) atoms. The van der Waals surface area contributed by atoms with Crippen LogP contribution in [0.15, 0.2) is 12.1 Å². The summed E-state index contributed by atoms with van der Waals surface area (Å²) in [4.78, 5) is 12.2. The second-order valence-electron chi connectivity index (χ2n) is 4.88. The van der Waals surface area contributed by atoms with Gasteiger partial charge in [0.2, 0.25) is 5.91 Å². The normalized spacial score (nSPS) is 21.6. The molecule has 0 heterocycles. The van der Waals surface area contributed by atoms with Crippen LogP contribution in [0, 0.1) is 5.92 Å². The van der Waals surface area contributed by atoms with Gasteiger partial charge < -0.3 is 20.5 Å². The number of methoxy groups -OCH3 is 2. The zero-order chi connectivity index (χ0) is 14.7. The summed E-state index contributed by atoms with van der Waals surface area (Å²) in [5, 5.41) is 3.26. The fourth-order valence-electron chi connectivity index (χ4n) is 2.50. The van der Waals surface area contributed by atoms with Crippen LogP contribution in [0.4, 0.5) is 5.69 Å². The highest BCUT2D eigenvalue weighted by atomic mass is 35.5. The first-order valence-corrected chi connectivity index (χ1v) is 6.92. The summed E-state index contributed by atoms with van der Waals surface area (Å²) >= 11 is 6.07. The van der Waals surface area contributed by atoms with E-state index in [1.54, 1.807) is 12.1 Å². The summed E-state index contributed by atoms with van der Waals surface area (Å²) in [6, 6.07) is 3.19. The lowest BCUT2D eigenvalue weighted by Gasteiger charge is -2.17. The number of hydrogen-bond acceptors (Lipinski definition) is 4. The molecule has 0 spiro atoms. The quantitative estimate of drug-likeness (QED) is 0.895. The third kappa shape index (κ3) is 2.99. The van der Waals surface area contributed by atoms with Gasteiger partial charge in [-0.3, -0.25) is 4.79 Å². The Kier molecular flexibility index (Phi) is 4.73. The van der Waals surface area contributed by atoms with E-state index >= 15 is 0 Å². The molecule has 1 aromatic carbocycles. The molecule has 3 N–H and O–H groups in total. The number of benzene rings is 1. The molecule has 0 saturated heterocycles. The number of nitrogens with one attached hydrogen (secondary N) is 1. The van der Waals surface area contributed by atoms with Crippen molar-refractivity contribution in [2.24, 2.45) is 11.7 Å². The van der Waals surface area contributed by atoms with Crippen molar-refractivity contribution >= 4 is 23.2 Å². The van der Waals surface area contributed by atoms with Crippen molar-refractivity contribution in [1.82, 2.24) is 0 Å². The van der Waals surface area contributed by atoms with Crippen molar-refractivity contribution in [1.29, 1.82) is 0 Å². The molecule has 2 unspecified atom stereocenters. The van der Waals surface area contributed by atoms with Crippen molar-refractivity contribution in [3.05, 3.63) is 17.2 Å². The van der Waals surface area contributed by atoms with Crippen molar-refractivity contribution in [3.63, 3.8) is 0 Å². The Bertz CT molecular complexity index is 507. The van der Waals surface area contributed by atoms with E-state index in [1.807, 2.05) is 0 Å². The molecular weight excluding hydrogens is 280 g/mol. The molecule has 0 radical (unpaired) electrons.